The second kappa shape index (κ2) is 6.80. The first-order valence-corrected chi connectivity index (χ1v) is 11.4. The summed E-state index contributed by atoms with van der Waals surface area (Å²) in [6.45, 7) is 5.31. The molecule has 1 aliphatic carbocycles. The summed E-state index contributed by atoms with van der Waals surface area (Å²) in [5.74, 6) is -1.08. The van der Waals surface area contributed by atoms with Crippen LogP contribution < -0.4 is 0 Å². The van der Waals surface area contributed by atoms with Gasteiger partial charge in [-0.3, -0.25) is 14.8 Å². The van der Waals surface area contributed by atoms with Gasteiger partial charge in [0.15, 0.2) is 15.6 Å². The van der Waals surface area contributed by atoms with Crippen molar-refractivity contribution in [1.82, 2.24) is 9.97 Å². The molecule has 1 atom stereocenters. The molecule has 0 amide bonds. The van der Waals surface area contributed by atoms with Gasteiger partial charge in [-0.1, -0.05) is 12.1 Å². The maximum absolute atomic E-state index is 14.0. The van der Waals surface area contributed by atoms with Crippen molar-refractivity contribution < 1.29 is 17.6 Å². The van der Waals surface area contributed by atoms with Crippen LogP contribution in [-0.2, 0) is 20.0 Å². The molecule has 0 fully saturated rings. The Morgan fingerprint density at radius 2 is 1.77 bits per heavy atom. The van der Waals surface area contributed by atoms with Gasteiger partial charge < -0.3 is 0 Å². The van der Waals surface area contributed by atoms with Crippen LogP contribution in [0.25, 0.3) is 11.1 Å². The van der Waals surface area contributed by atoms with Gasteiger partial charge in [0.1, 0.15) is 5.82 Å². The van der Waals surface area contributed by atoms with Crippen molar-refractivity contribution in [2.75, 3.05) is 6.26 Å². The molecule has 2 heterocycles. The molecule has 5 nitrogen and oxygen atoms in total. The minimum atomic E-state index is -3.46. The number of rotatable bonds is 3. The molecule has 0 saturated carbocycles. The minimum absolute atomic E-state index is 0.0321. The molecule has 1 unspecified atom stereocenters. The van der Waals surface area contributed by atoms with E-state index in [1.54, 1.807) is 13.1 Å². The van der Waals surface area contributed by atoms with Crippen LogP contribution in [0.3, 0.4) is 0 Å². The number of fused-ring (bicyclic) bond motifs is 1. The number of sulfone groups is 1. The van der Waals surface area contributed by atoms with Crippen molar-refractivity contribution in [3.63, 3.8) is 0 Å². The molecule has 7 heteroatoms. The van der Waals surface area contributed by atoms with Crippen molar-refractivity contribution in [2.45, 2.75) is 37.0 Å². The van der Waals surface area contributed by atoms with Crippen molar-refractivity contribution in [2.24, 2.45) is 0 Å². The number of hydrogen-bond acceptors (Lipinski definition) is 5. The van der Waals surface area contributed by atoms with Crippen molar-refractivity contribution in [1.29, 1.82) is 0 Å². The highest BCUT2D eigenvalue weighted by Crippen LogP contribution is 2.47. The van der Waals surface area contributed by atoms with Gasteiger partial charge in [-0.15, -0.1) is 0 Å². The van der Waals surface area contributed by atoms with Crippen molar-refractivity contribution in [3.8, 4) is 11.1 Å². The highest BCUT2D eigenvalue weighted by atomic mass is 32.2. The normalized spacial score (nSPS) is 17.8. The summed E-state index contributed by atoms with van der Waals surface area (Å²) < 4.78 is 38.0. The zero-order valence-corrected chi connectivity index (χ0v) is 17.9. The van der Waals surface area contributed by atoms with Crippen LogP contribution in [0.2, 0.25) is 0 Å². The number of pyridine rings is 2. The number of benzene rings is 1. The van der Waals surface area contributed by atoms with Gasteiger partial charge in [0.25, 0.3) is 0 Å². The Balaban J connectivity index is 1.90. The third-order valence-corrected chi connectivity index (χ3v) is 6.85. The lowest BCUT2D eigenvalue weighted by Crippen LogP contribution is -2.26. The molecule has 0 radical (unpaired) electrons. The number of nitrogens with zero attached hydrogens (tertiary/aromatic N) is 2. The highest BCUT2D eigenvalue weighted by molar-refractivity contribution is 7.90. The van der Waals surface area contributed by atoms with E-state index in [0.29, 0.717) is 16.8 Å². The topological polar surface area (TPSA) is 77.0 Å². The van der Waals surface area contributed by atoms with E-state index in [9.17, 15) is 17.6 Å². The SMILES string of the molecule is Cc1ncc(-c2ccc3c(c2)C(c2cncc(S(C)(=O)=O)c2)C(=O)C3(C)C)cc1F. The van der Waals surface area contributed by atoms with Gasteiger partial charge in [-0.25, -0.2) is 12.8 Å². The Labute approximate surface area is 174 Å². The number of carbonyl (C=O) groups excluding carboxylic acids is 1. The number of hydrogen-bond donors (Lipinski definition) is 0. The van der Waals surface area contributed by atoms with E-state index in [-0.39, 0.29) is 10.7 Å². The van der Waals surface area contributed by atoms with Gasteiger partial charge in [0, 0.05) is 35.8 Å². The molecule has 0 aliphatic heterocycles. The summed E-state index contributed by atoms with van der Waals surface area (Å²) in [7, 11) is -3.46. The van der Waals surface area contributed by atoms with Crippen LogP contribution in [-0.4, -0.2) is 30.4 Å². The smallest absolute Gasteiger partial charge is 0.177 e. The molecule has 30 heavy (non-hydrogen) atoms. The van der Waals surface area contributed by atoms with E-state index in [1.807, 2.05) is 32.0 Å². The molecule has 2 aromatic heterocycles. The molecular weight excluding hydrogens is 403 g/mol. The van der Waals surface area contributed by atoms with Gasteiger partial charge in [0.2, 0.25) is 0 Å². The first-order valence-electron chi connectivity index (χ1n) is 9.46. The average Bonchev–Trinajstić information content (AvgIpc) is 2.89. The lowest BCUT2D eigenvalue weighted by atomic mass is 9.84. The fraction of sp³-hybridized carbons (Fsp3) is 0.261. The average molecular weight is 424 g/mol. The van der Waals surface area contributed by atoms with Crippen molar-refractivity contribution in [3.05, 3.63) is 77.1 Å². The summed E-state index contributed by atoms with van der Waals surface area (Å²) in [5, 5.41) is 0. The zero-order valence-electron chi connectivity index (χ0n) is 17.1. The number of aryl methyl sites for hydroxylation is 1. The largest absolute Gasteiger partial charge is 0.298 e. The summed E-state index contributed by atoms with van der Waals surface area (Å²) in [4.78, 5) is 21.6. The maximum Gasteiger partial charge on any atom is 0.177 e. The van der Waals surface area contributed by atoms with Crippen LogP contribution in [0.15, 0.2) is 53.8 Å². The van der Waals surface area contributed by atoms with Crippen LogP contribution in [0.4, 0.5) is 4.39 Å². The second-order valence-corrected chi connectivity index (χ2v) is 10.3. The Morgan fingerprint density at radius 1 is 1.03 bits per heavy atom. The molecule has 4 rings (SSSR count). The van der Waals surface area contributed by atoms with Crippen LogP contribution >= 0.6 is 0 Å². The first-order chi connectivity index (χ1) is 14.0. The predicted molar refractivity (Wildman–Crippen MR) is 112 cm³/mol. The number of ketones is 1. The fourth-order valence-electron chi connectivity index (χ4n) is 3.98. The molecule has 0 N–H and O–H groups in total. The van der Waals surface area contributed by atoms with Gasteiger partial charge in [-0.05, 0) is 61.2 Å². The third-order valence-electron chi connectivity index (χ3n) is 5.77. The maximum atomic E-state index is 14.0. The lowest BCUT2D eigenvalue weighted by molar-refractivity contribution is -0.122. The molecule has 1 aromatic carbocycles. The molecule has 0 bridgehead atoms. The van der Waals surface area contributed by atoms with Gasteiger partial charge in [0.05, 0.1) is 16.5 Å². The first kappa shape index (κ1) is 20.3. The molecule has 0 spiro atoms. The van der Waals surface area contributed by atoms with Gasteiger partial charge >= 0.3 is 0 Å². The predicted octanol–water partition coefficient (Wildman–Crippen LogP) is 3.99. The van der Waals surface area contributed by atoms with E-state index in [2.05, 4.69) is 9.97 Å². The van der Waals surface area contributed by atoms with E-state index in [1.165, 1.54) is 24.5 Å². The van der Waals surface area contributed by atoms with E-state index < -0.39 is 27.0 Å². The summed E-state index contributed by atoms with van der Waals surface area (Å²) in [5.41, 5.74) is 3.10. The third kappa shape index (κ3) is 3.23. The lowest BCUT2D eigenvalue weighted by Gasteiger charge is -2.18. The number of aromatic nitrogens is 2. The minimum Gasteiger partial charge on any atom is -0.298 e. The Hall–Kier alpha value is -2.93. The summed E-state index contributed by atoms with van der Waals surface area (Å²) >= 11 is 0. The molecule has 3 aromatic rings. The Kier molecular flexibility index (Phi) is 4.62. The Morgan fingerprint density at radius 3 is 2.43 bits per heavy atom. The number of Topliss-reactive ketones (excluding diaryl/α,β-unsaturated/α-hetero) is 1. The zero-order chi connectivity index (χ0) is 21.8. The van der Waals surface area contributed by atoms with Crippen LogP contribution in [0.5, 0.6) is 0 Å². The fourth-order valence-corrected chi connectivity index (χ4v) is 4.58. The van der Waals surface area contributed by atoms with Crippen molar-refractivity contribution >= 4 is 15.6 Å². The van der Waals surface area contributed by atoms with Gasteiger partial charge in [-0.2, -0.15) is 0 Å². The summed E-state index contributed by atoms with van der Waals surface area (Å²) in [6, 6.07) is 8.54. The summed E-state index contributed by atoms with van der Waals surface area (Å²) in [6.07, 6.45) is 5.52. The Bertz CT molecular complexity index is 1300. The molecule has 0 saturated heterocycles. The number of carbonyl (C=O) groups is 1. The number of halogens is 1. The van der Waals surface area contributed by atoms with Crippen LogP contribution in [0.1, 0.15) is 42.1 Å². The standard InChI is InChI=1S/C23H21FN2O3S/c1-13-20(24)9-15(11-26-13)14-5-6-19-18(8-14)21(22(27)23(19,2)3)16-7-17(12-25-10-16)30(4,28)29/h5-12,21H,1-4H3. The second-order valence-electron chi connectivity index (χ2n) is 8.24. The molecule has 154 valence electrons. The van der Waals surface area contributed by atoms with E-state index >= 15 is 0 Å². The molecular formula is C23H21FN2O3S. The van der Waals surface area contributed by atoms with Crippen LogP contribution in [0, 0.1) is 12.7 Å². The van der Waals surface area contributed by atoms with E-state index in [4.69, 9.17) is 0 Å². The highest BCUT2D eigenvalue weighted by Gasteiger charge is 2.46. The molecule has 1 aliphatic rings. The van der Waals surface area contributed by atoms with E-state index in [0.717, 1.165) is 22.9 Å². The monoisotopic (exact) mass is 424 g/mol. The quantitative estimate of drug-likeness (QED) is 0.635.